The molecule has 0 saturated carbocycles. The zero-order valence-corrected chi connectivity index (χ0v) is 10.1. The molecule has 0 aliphatic heterocycles. The third kappa shape index (κ3) is 5.38. The van der Waals surface area contributed by atoms with Gasteiger partial charge in [0.15, 0.2) is 0 Å². The molecule has 0 aromatic rings. The van der Waals surface area contributed by atoms with Crippen LogP contribution in [0.5, 0.6) is 0 Å². The molecule has 0 aliphatic carbocycles. The molecular formula is C12H24O2. The summed E-state index contributed by atoms with van der Waals surface area (Å²) in [6, 6.07) is 0. The van der Waals surface area contributed by atoms with E-state index in [0.717, 1.165) is 6.42 Å². The summed E-state index contributed by atoms with van der Waals surface area (Å²) in [5.74, 6) is 1.01. The first kappa shape index (κ1) is 13.6. The maximum Gasteiger partial charge on any atom is 0.135 e. The normalized spacial score (nSPS) is 16.0. The van der Waals surface area contributed by atoms with Crippen molar-refractivity contribution in [2.45, 2.75) is 53.6 Å². The molecule has 0 amide bonds. The van der Waals surface area contributed by atoms with E-state index in [1.165, 1.54) is 0 Å². The van der Waals surface area contributed by atoms with E-state index in [4.69, 9.17) is 0 Å². The van der Waals surface area contributed by atoms with Gasteiger partial charge in [-0.25, -0.2) is 0 Å². The molecule has 0 heterocycles. The highest BCUT2D eigenvalue weighted by Gasteiger charge is 2.21. The van der Waals surface area contributed by atoms with Crippen LogP contribution in [0.4, 0.5) is 0 Å². The van der Waals surface area contributed by atoms with Gasteiger partial charge in [-0.05, 0) is 25.2 Å². The third-order valence-electron chi connectivity index (χ3n) is 2.56. The van der Waals surface area contributed by atoms with Crippen molar-refractivity contribution in [1.82, 2.24) is 0 Å². The summed E-state index contributed by atoms with van der Waals surface area (Å²) in [5, 5.41) is 9.54. The van der Waals surface area contributed by atoms with Crippen LogP contribution >= 0.6 is 0 Å². The first-order chi connectivity index (χ1) is 6.34. The largest absolute Gasteiger partial charge is 0.393 e. The Morgan fingerprint density at radius 2 is 1.64 bits per heavy atom. The standard InChI is InChI=1S/C12H24O2/c1-8(2)6-11(10(5)13)7-12(14)9(3)4/h8-11,13H,6-7H2,1-5H3. The predicted molar refractivity (Wildman–Crippen MR) is 59.1 cm³/mol. The van der Waals surface area contributed by atoms with Gasteiger partial charge in [-0.2, -0.15) is 0 Å². The van der Waals surface area contributed by atoms with E-state index in [0.29, 0.717) is 12.3 Å². The van der Waals surface area contributed by atoms with Crippen LogP contribution in [-0.4, -0.2) is 17.0 Å². The number of carbonyl (C=O) groups is 1. The average Bonchev–Trinajstić information content (AvgIpc) is 2.01. The monoisotopic (exact) mass is 200 g/mol. The Kier molecular flexibility index (Phi) is 6.01. The highest BCUT2D eigenvalue weighted by molar-refractivity contribution is 5.80. The fourth-order valence-electron chi connectivity index (χ4n) is 1.55. The van der Waals surface area contributed by atoms with Crippen LogP contribution in [0.15, 0.2) is 0 Å². The maximum absolute atomic E-state index is 11.5. The molecule has 2 atom stereocenters. The summed E-state index contributed by atoms with van der Waals surface area (Å²) >= 11 is 0. The van der Waals surface area contributed by atoms with Gasteiger partial charge in [-0.1, -0.05) is 27.7 Å². The lowest BCUT2D eigenvalue weighted by Gasteiger charge is -2.21. The van der Waals surface area contributed by atoms with E-state index >= 15 is 0 Å². The van der Waals surface area contributed by atoms with Gasteiger partial charge in [0, 0.05) is 12.3 Å². The number of ketones is 1. The second-order valence-electron chi connectivity index (χ2n) is 4.96. The van der Waals surface area contributed by atoms with Crippen LogP contribution in [0.3, 0.4) is 0 Å². The fraction of sp³-hybridized carbons (Fsp3) is 0.917. The van der Waals surface area contributed by atoms with Crippen molar-refractivity contribution in [1.29, 1.82) is 0 Å². The second-order valence-corrected chi connectivity index (χ2v) is 4.96. The summed E-state index contributed by atoms with van der Waals surface area (Å²) in [6.45, 7) is 9.85. The molecule has 0 aromatic carbocycles. The molecular weight excluding hydrogens is 176 g/mol. The first-order valence-electron chi connectivity index (χ1n) is 5.55. The molecule has 14 heavy (non-hydrogen) atoms. The van der Waals surface area contributed by atoms with Crippen molar-refractivity contribution in [2.75, 3.05) is 0 Å². The molecule has 0 aromatic heterocycles. The maximum atomic E-state index is 11.5. The number of aliphatic hydroxyl groups excluding tert-OH is 1. The molecule has 0 saturated heterocycles. The smallest absolute Gasteiger partial charge is 0.135 e. The van der Waals surface area contributed by atoms with Crippen LogP contribution < -0.4 is 0 Å². The SMILES string of the molecule is CC(C)CC(CC(=O)C(C)C)C(C)O. The van der Waals surface area contributed by atoms with E-state index < -0.39 is 0 Å². The molecule has 0 radical (unpaired) electrons. The highest BCUT2D eigenvalue weighted by Crippen LogP contribution is 2.21. The number of aliphatic hydroxyl groups is 1. The van der Waals surface area contributed by atoms with E-state index in [1.54, 1.807) is 6.92 Å². The lowest BCUT2D eigenvalue weighted by molar-refractivity contribution is -0.123. The number of rotatable bonds is 6. The van der Waals surface area contributed by atoms with Crippen molar-refractivity contribution >= 4 is 5.78 Å². The van der Waals surface area contributed by atoms with Crippen LogP contribution in [0, 0.1) is 17.8 Å². The summed E-state index contributed by atoms with van der Waals surface area (Å²) in [5.41, 5.74) is 0. The molecule has 0 bridgehead atoms. The minimum absolute atomic E-state index is 0.0865. The molecule has 0 rings (SSSR count). The zero-order chi connectivity index (χ0) is 11.3. The van der Waals surface area contributed by atoms with Crippen molar-refractivity contribution in [3.8, 4) is 0 Å². The van der Waals surface area contributed by atoms with Gasteiger partial charge in [0.05, 0.1) is 6.10 Å². The Hall–Kier alpha value is -0.370. The number of hydrogen-bond donors (Lipinski definition) is 1. The van der Waals surface area contributed by atoms with Gasteiger partial charge < -0.3 is 5.11 Å². The van der Waals surface area contributed by atoms with Gasteiger partial charge in [0.25, 0.3) is 0 Å². The van der Waals surface area contributed by atoms with Crippen LogP contribution in [0.2, 0.25) is 0 Å². The summed E-state index contributed by atoms with van der Waals surface area (Å²) < 4.78 is 0. The predicted octanol–water partition coefficient (Wildman–Crippen LogP) is 2.64. The number of carbonyl (C=O) groups excluding carboxylic acids is 1. The Bertz CT molecular complexity index is 171. The van der Waals surface area contributed by atoms with Crippen molar-refractivity contribution < 1.29 is 9.90 Å². The number of hydrogen-bond acceptors (Lipinski definition) is 2. The molecule has 2 unspecified atom stereocenters. The van der Waals surface area contributed by atoms with E-state index in [-0.39, 0.29) is 23.7 Å². The highest BCUT2D eigenvalue weighted by atomic mass is 16.3. The fourth-order valence-corrected chi connectivity index (χ4v) is 1.55. The Balaban J connectivity index is 4.16. The molecule has 0 spiro atoms. The molecule has 84 valence electrons. The van der Waals surface area contributed by atoms with Gasteiger partial charge in [0.1, 0.15) is 5.78 Å². The second kappa shape index (κ2) is 6.18. The summed E-state index contributed by atoms with van der Waals surface area (Å²) in [7, 11) is 0. The molecule has 0 aliphatic rings. The van der Waals surface area contributed by atoms with Crippen LogP contribution in [0.25, 0.3) is 0 Å². The van der Waals surface area contributed by atoms with Gasteiger partial charge in [-0.3, -0.25) is 4.79 Å². The van der Waals surface area contributed by atoms with Gasteiger partial charge in [-0.15, -0.1) is 0 Å². The van der Waals surface area contributed by atoms with E-state index in [1.807, 2.05) is 13.8 Å². The molecule has 0 fully saturated rings. The Labute approximate surface area is 87.7 Å². The minimum Gasteiger partial charge on any atom is -0.393 e. The average molecular weight is 200 g/mol. The zero-order valence-electron chi connectivity index (χ0n) is 10.1. The van der Waals surface area contributed by atoms with Gasteiger partial charge in [0.2, 0.25) is 0 Å². The van der Waals surface area contributed by atoms with Crippen molar-refractivity contribution in [3.05, 3.63) is 0 Å². The van der Waals surface area contributed by atoms with Crippen LogP contribution in [-0.2, 0) is 4.79 Å². The molecule has 2 heteroatoms. The van der Waals surface area contributed by atoms with Gasteiger partial charge >= 0.3 is 0 Å². The Morgan fingerprint density at radius 3 is 1.93 bits per heavy atom. The first-order valence-corrected chi connectivity index (χ1v) is 5.55. The lowest BCUT2D eigenvalue weighted by Crippen LogP contribution is -2.23. The van der Waals surface area contributed by atoms with Crippen LogP contribution in [0.1, 0.15) is 47.5 Å². The minimum atomic E-state index is -0.375. The number of Topliss-reactive ketones (excluding diaryl/α,β-unsaturated/α-hetero) is 1. The van der Waals surface area contributed by atoms with E-state index in [2.05, 4.69) is 13.8 Å². The molecule has 1 N–H and O–H groups in total. The lowest BCUT2D eigenvalue weighted by atomic mass is 9.86. The third-order valence-corrected chi connectivity index (χ3v) is 2.56. The quantitative estimate of drug-likeness (QED) is 0.715. The van der Waals surface area contributed by atoms with Crippen molar-refractivity contribution in [3.63, 3.8) is 0 Å². The van der Waals surface area contributed by atoms with Crippen molar-refractivity contribution in [2.24, 2.45) is 17.8 Å². The molecule has 2 nitrogen and oxygen atoms in total. The summed E-state index contributed by atoms with van der Waals surface area (Å²) in [4.78, 5) is 11.5. The Morgan fingerprint density at radius 1 is 1.14 bits per heavy atom. The summed E-state index contributed by atoms with van der Waals surface area (Å²) in [6.07, 6.45) is 1.07. The topological polar surface area (TPSA) is 37.3 Å². The van der Waals surface area contributed by atoms with E-state index in [9.17, 15) is 9.90 Å².